The second kappa shape index (κ2) is 5.09. The average molecular weight is 288 g/mol. The van der Waals surface area contributed by atoms with Crippen LogP contribution in [0.1, 0.15) is 11.5 Å². The summed E-state index contributed by atoms with van der Waals surface area (Å²) in [7, 11) is 1.97. The van der Waals surface area contributed by atoms with Crippen LogP contribution < -0.4 is 0 Å². The summed E-state index contributed by atoms with van der Waals surface area (Å²) in [6, 6.07) is 3.66. The summed E-state index contributed by atoms with van der Waals surface area (Å²) in [6.07, 6.45) is 7.37. The van der Waals surface area contributed by atoms with E-state index in [2.05, 4.69) is 15.0 Å². The Balaban J connectivity index is 1.97. The lowest BCUT2D eigenvalue weighted by atomic mass is 10.3. The molecule has 0 aliphatic carbocycles. The molecule has 0 aliphatic heterocycles. The quantitative estimate of drug-likeness (QED) is 0.744. The normalized spacial score (nSPS) is 10.9. The summed E-state index contributed by atoms with van der Waals surface area (Å²) >= 11 is 6.15. The molecule has 0 amide bonds. The summed E-state index contributed by atoms with van der Waals surface area (Å²) in [6.45, 7) is 2.54. The maximum absolute atomic E-state index is 6.15. The Morgan fingerprint density at radius 1 is 1.25 bits per heavy atom. The van der Waals surface area contributed by atoms with E-state index in [0.717, 1.165) is 23.0 Å². The van der Waals surface area contributed by atoms with Crippen molar-refractivity contribution in [3.05, 3.63) is 53.5 Å². The molecule has 0 fully saturated rings. The summed E-state index contributed by atoms with van der Waals surface area (Å²) in [5.41, 5.74) is 1.67. The molecule has 0 atom stereocenters. The van der Waals surface area contributed by atoms with Crippen LogP contribution in [0.25, 0.3) is 11.5 Å². The molecule has 0 saturated carbocycles. The van der Waals surface area contributed by atoms with Gasteiger partial charge < -0.3 is 9.13 Å². The second-order valence-electron chi connectivity index (χ2n) is 4.59. The van der Waals surface area contributed by atoms with Gasteiger partial charge in [-0.2, -0.15) is 0 Å². The molecule has 0 aliphatic rings. The highest BCUT2D eigenvalue weighted by Crippen LogP contribution is 2.19. The van der Waals surface area contributed by atoms with E-state index in [4.69, 9.17) is 11.6 Å². The molecule has 0 N–H and O–H groups in total. The zero-order valence-corrected chi connectivity index (χ0v) is 12.0. The van der Waals surface area contributed by atoms with E-state index in [1.54, 1.807) is 12.4 Å². The van der Waals surface area contributed by atoms with Crippen molar-refractivity contribution in [3.63, 3.8) is 0 Å². The monoisotopic (exact) mass is 287 g/mol. The Kier molecular flexibility index (Phi) is 3.28. The van der Waals surface area contributed by atoms with Crippen LogP contribution in [0.2, 0.25) is 5.02 Å². The number of nitrogens with zero attached hydrogens (tertiary/aromatic N) is 5. The maximum atomic E-state index is 6.15. The third-order valence-electron chi connectivity index (χ3n) is 3.21. The molecule has 5 nitrogen and oxygen atoms in total. The third-order valence-corrected chi connectivity index (χ3v) is 3.55. The largest absolute Gasteiger partial charge is 0.337 e. The first kappa shape index (κ1) is 12.9. The van der Waals surface area contributed by atoms with Crippen LogP contribution in [0.5, 0.6) is 0 Å². The van der Waals surface area contributed by atoms with Crippen molar-refractivity contribution >= 4 is 11.6 Å². The van der Waals surface area contributed by atoms with Crippen LogP contribution in [0.3, 0.4) is 0 Å². The first-order valence-corrected chi connectivity index (χ1v) is 6.64. The summed E-state index contributed by atoms with van der Waals surface area (Å²) in [4.78, 5) is 13.2. The molecular formula is C14H14ClN5. The minimum absolute atomic E-state index is 0.574. The molecule has 102 valence electrons. The molecule has 0 saturated heterocycles. The van der Waals surface area contributed by atoms with Gasteiger partial charge in [0.15, 0.2) is 5.82 Å². The Morgan fingerprint density at radius 2 is 2.10 bits per heavy atom. The molecule has 0 bridgehead atoms. The van der Waals surface area contributed by atoms with E-state index in [9.17, 15) is 0 Å². The van der Waals surface area contributed by atoms with Crippen LogP contribution >= 0.6 is 11.6 Å². The first-order chi connectivity index (χ1) is 9.65. The number of halogens is 1. The van der Waals surface area contributed by atoms with Gasteiger partial charge in [0.1, 0.15) is 11.5 Å². The fraction of sp³-hybridized carbons (Fsp3) is 0.214. The molecular weight excluding hydrogens is 274 g/mol. The highest BCUT2D eigenvalue weighted by Gasteiger charge is 2.12. The van der Waals surface area contributed by atoms with Crippen molar-refractivity contribution < 1.29 is 0 Å². The summed E-state index contributed by atoms with van der Waals surface area (Å²) in [5.74, 6) is 1.76. The van der Waals surface area contributed by atoms with E-state index in [1.165, 1.54) is 0 Å². The van der Waals surface area contributed by atoms with E-state index in [-0.39, 0.29) is 0 Å². The van der Waals surface area contributed by atoms with E-state index < -0.39 is 0 Å². The lowest BCUT2D eigenvalue weighted by molar-refractivity contribution is 0.779. The minimum Gasteiger partial charge on any atom is -0.337 e. The fourth-order valence-corrected chi connectivity index (χ4v) is 2.21. The molecule has 0 aromatic carbocycles. The van der Waals surface area contributed by atoms with Crippen LogP contribution in [0.4, 0.5) is 0 Å². The van der Waals surface area contributed by atoms with Crippen molar-refractivity contribution in [3.8, 4) is 11.5 Å². The van der Waals surface area contributed by atoms with Crippen molar-refractivity contribution in [2.75, 3.05) is 0 Å². The number of hydrogen-bond donors (Lipinski definition) is 0. The van der Waals surface area contributed by atoms with Crippen molar-refractivity contribution in [1.29, 1.82) is 0 Å². The van der Waals surface area contributed by atoms with Gasteiger partial charge in [0.2, 0.25) is 0 Å². The topological polar surface area (TPSA) is 48.5 Å². The Bertz CT molecular complexity index is 724. The number of imidazole rings is 2. The third kappa shape index (κ3) is 2.32. The predicted molar refractivity (Wildman–Crippen MR) is 77.5 cm³/mol. The van der Waals surface area contributed by atoms with Gasteiger partial charge in [0.05, 0.1) is 17.3 Å². The predicted octanol–water partition coefficient (Wildman–Crippen LogP) is 2.69. The smallest absolute Gasteiger partial charge is 0.160 e. The Labute approximate surface area is 121 Å². The molecule has 0 unspecified atom stereocenters. The second-order valence-corrected chi connectivity index (χ2v) is 5.00. The van der Waals surface area contributed by atoms with Gasteiger partial charge in [-0.25, -0.2) is 9.97 Å². The number of aryl methyl sites for hydroxylation is 2. The fourth-order valence-electron chi connectivity index (χ4n) is 2.03. The molecule has 3 heterocycles. The van der Waals surface area contributed by atoms with Gasteiger partial charge >= 0.3 is 0 Å². The van der Waals surface area contributed by atoms with E-state index >= 15 is 0 Å². The molecule has 0 radical (unpaired) electrons. The van der Waals surface area contributed by atoms with Gasteiger partial charge in [0.25, 0.3) is 0 Å². The number of aromatic nitrogens is 5. The van der Waals surface area contributed by atoms with Gasteiger partial charge in [-0.1, -0.05) is 11.6 Å². The summed E-state index contributed by atoms with van der Waals surface area (Å²) in [5, 5.41) is 0.657. The lowest BCUT2D eigenvalue weighted by Gasteiger charge is -2.06. The van der Waals surface area contributed by atoms with E-state index in [0.29, 0.717) is 11.6 Å². The van der Waals surface area contributed by atoms with Crippen molar-refractivity contribution in [1.82, 2.24) is 24.1 Å². The molecule has 6 heteroatoms. The zero-order chi connectivity index (χ0) is 14.1. The van der Waals surface area contributed by atoms with Crippen LogP contribution in [0, 0.1) is 6.92 Å². The highest BCUT2D eigenvalue weighted by molar-refractivity contribution is 6.31. The maximum Gasteiger partial charge on any atom is 0.160 e. The highest BCUT2D eigenvalue weighted by atomic mass is 35.5. The van der Waals surface area contributed by atoms with Gasteiger partial charge in [-0.05, 0) is 19.1 Å². The Hall–Kier alpha value is -2.14. The van der Waals surface area contributed by atoms with E-state index in [1.807, 2.05) is 47.6 Å². The zero-order valence-electron chi connectivity index (χ0n) is 11.3. The van der Waals surface area contributed by atoms with Crippen LogP contribution in [-0.2, 0) is 13.6 Å². The SMILES string of the molecule is Cc1nc(-c2nccn2Cc2ncccc2Cl)cn1C. The summed E-state index contributed by atoms with van der Waals surface area (Å²) < 4.78 is 3.97. The molecule has 3 aromatic heterocycles. The van der Waals surface area contributed by atoms with Crippen molar-refractivity contribution in [2.24, 2.45) is 7.05 Å². The minimum atomic E-state index is 0.574. The molecule has 0 spiro atoms. The van der Waals surface area contributed by atoms with Crippen LogP contribution in [0.15, 0.2) is 36.9 Å². The number of rotatable bonds is 3. The van der Waals surface area contributed by atoms with Gasteiger partial charge in [0, 0.05) is 31.8 Å². The molecule has 3 aromatic rings. The molecule has 3 rings (SSSR count). The van der Waals surface area contributed by atoms with Crippen LogP contribution in [-0.4, -0.2) is 24.1 Å². The Morgan fingerprint density at radius 3 is 2.80 bits per heavy atom. The standard InChI is InChI=1S/C14H14ClN5/c1-10-18-13(8-19(10)2)14-17-6-7-20(14)9-12-11(15)4-3-5-16-12/h3-8H,9H2,1-2H3. The average Bonchev–Trinajstić information content (AvgIpc) is 3.00. The van der Waals surface area contributed by atoms with Gasteiger partial charge in [-0.15, -0.1) is 0 Å². The number of pyridine rings is 1. The molecule has 20 heavy (non-hydrogen) atoms. The first-order valence-electron chi connectivity index (χ1n) is 6.26. The lowest BCUT2D eigenvalue weighted by Crippen LogP contribution is -2.03. The van der Waals surface area contributed by atoms with Gasteiger partial charge in [-0.3, -0.25) is 4.98 Å². The van der Waals surface area contributed by atoms with Crippen molar-refractivity contribution in [2.45, 2.75) is 13.5 Å². The number of hydrogen-bond acceptors (Lipinski definition) is 3.